The summed E-state index contributed by atoms with van der Waals surface area (Å²) in [4.78, 5) is 4.12. The van der Waals surface area contributed by atoms with E-state index in [-0.39, 0.29) is 18.4 Å². The Bertz CT molecular complexity index is 788. The fourth-order valence-corrected chi connectivity index (χ4v) is 4.68. The first-order valence-corrected chi connectivity index (χ1v) is 11.5. The minimum absolute atomic E-state index is 0.0516. The summed E-state index contributed by atoms with van der Waals surface area (Å²) in [6, 6.07) is 6.13. The minimum atomic E-state index is -4.21. The fraction of sp³-hybridized carbons (Fsp3) is 0.667. The quantitative estimate of drug-likeness (QED) is 0.318. The number of allylic oxidation sites excluding steroid dienone is 1. The number of nitrogen functional groups attached to an aromatic ring is 1. The van der Waals surface area contributed by atoms with Gasteiger partial charge in [-0.3, -0.25) is 9.80 Å². The number of hydrogen-bond acceptors (Lipinski definition) is 5. The predicted octanol–water partition coefficient (Wildman–Crippen LogP) is 3.71. The SMILES string of the molecule is CC(NCc1cc(C2CCN(CC(O)N(C)C)CC2)ccc1N)C1C=C(C(F)(F)F)CC1. The van der Waals surface area contributed by atoms with E-state index >= 15 is 0 Å². The summed E-state index contributed by atoms with van der Waals surface area (Å²) in [5.74, 6) is 0.338. The standard InChI is InChI=1S/C24H37F3N4O/c1-16(18-4-6-21(13-18)24(25,26)27)29-14-20-12-19(5-7-22(20)28)17-8-10-31(11-9-17)15-23(32)30(2)3/h5,7,12-13,16-18,23,29,32H,4,6,8-11,14-15,28H2,1-3H3. The average molecular weight is 455 g/mol. The number of benzene rings is 1. The molecule has 2 aliphatic rings. The van der Waals surface area contributed by atoms with E-state index < -0.39 is 18.0 Å². The van der Waals surface area contributed by atoms with Gasteiger partial charge < -0.3 is 16.2 Å². The molecule has 0 radical (unpaired) electrons. The molecule has 1 aliphatic heterocycles. The van der Waals surface area contributed by atoms with Crippen LogP contribution in [0, 0.1) is 5.92 Å². The molecule has 4 N–H and O–H groups in total. The molecule has 1 aliphatic carbocycles. The summed E-state index contributed by atoms with van der Waals surface area (Å²) in [6.07, 6.45) is -0.598. The Balaban J connectivity index is 1.55. The first-order valence-electron chi connectivity index (χ1n) is 11.5. The van der Waals surface area contributed by atoms with Crippen molar-refractivity contribution in [3.8, 4) is 0 Å². The Morgan fingerprint density at radius 1 is 1.22 bits per heavy atom. The van der Waals surface area contributed by atoms with E-state index in [4.69, 9.17) is 5.73 Å². The van der Waals surface area contributed by atoms with Crippen LogP contribution in [-0.2, 0) is 6.54 Å². The molecule has 3 rings (SSSR count). The fourth-order valence-electron chi connectivity index (χ4n) is 4.68. The van der Waals surface area contributed by atoms with Gasteiger partial charge in [-0.05, 0) is 88.8 Å². The molecule has 0 saturated carbocycles. The molecular weight excluding hydrogens is 417 g/mol. The van der Waals surface area contributed by atoms with Crippen molar-refractivity contribution in [2.75, 3.05) is 39.5 Å². The van der Waals surface area contributed by atoms with E-state index in [1.165, 1.54) is 11.6 Å². The van der Waals surface area contributed by atoms with Crippen molar-refractivity contribution in [2.45, 2.75) is 63.5 Å². The molecule has 8 heteroatoms. The van der Waals surface area contributed by atoms with Crippen molar-refractivity contribution in [1.29, 1.82) is 0 Å². The Hall–Kier alpha value is -1.61. The van der Waals surface area contributed by atoms with Crippen molar-refractivity contribution in [3.05, 3.63) is 41.0 Å². The van der Waals surface area contributed by atoms with Crippen LogP contribution in [0.15, 0.2) is 29.8 Å². The number of aliphatic hydroxyl groups excluding tert-OH is 1. The van der Waals surface area contributed by atoms with Gasteiger partial charge in [0.2, 0.25) is 0 Å². The van der Waals surface area contributed by atoms with Gasteiger partial charge in [-0.1, -0.05) is 18.2 Å². The number of nitrogens with two attached hydrogens (primary N) is 1. The molecule has 0 bridgehead atoms. The average Bonchev–Trinajstić information content (AvgIpc) is 3.24. The minimum Gasteiger partial charge on any atom is -0.398 e. The number of aliphatic hydroxyl groups is 1. The molecule has 180 valence electrons. The summed E-state index contributed by atoms with van der Waals surface area (Å²) < 4.78 is 38.8. The maximum Gasteiger partial charge on any atom is 0.412 e. The lowest BCUT2D eigenvalue weighted by Crippen LogP contribution is -2.43. The third-order valence-corrected chi connectivity index (χ3v) is 7.03. The number of nitrogens with one attached hydrogen (secondary N) is 1. The highest BCUT2D eigenvalue weighted by Gasteiger charge is 2.37. The summed E-state index contributed by atoms with van der Waals surface area (Å²) in [7, 11) is 3.75. The highest BCUT2D eigenvalue weighted by Crippen LogP contribution is 2.37. The second-order valence-electron chi connectivity index (χ2n) is 9.54. The highest BCUT2D eigenvalue weighted by atomic mass is 19.4. The third kappa shape index (κ3) is 6.47. The third-order valence-electron chi connectivity index (χ3n) is 7.03. The van der Waals surface area contributed by atoms with Gasteiger partial charge >= 0.3 is 6.18 Å². The van der Waals surface area contributed by atoms with Crippen LogP contribution >= 0.6 is 0 Å². The van der Waals surface area contributed by atoms with E-state index in [9.17, 15) is 18.3 Å². The van der Waals surface area contributed by atoms with Gasteiger partial charge in [0.05, 0.1) is 0 Å². The van der Waals surface area contributed by atoms with E-state index in [1.54, 1.807) is 0 Å². The van der Waals surface area contributed by atoms with Gasteiger partial charge in [-0.15, -0.1) is 0 Å². The Labute approximate surface area is 189 Å². The van der Waals surface area contributed by atoms with Crippen molar-refractivity contribution in [2.24, 2.45) is 5.92 Å². The van der Waals surface area contributed by atoms with Gasteiger partial charge in [0, 0.05) is 30.4 Å². The summed E-state index contributed by atoms with van der Waals surface area (Å²) in [5.41, 5.74) is 8.77. The van der Waals surface area contributed by atoms with Crippen LogP contribution in [0.3, 0.4) is 0 Å². The van der Waals surface area contributed by atoms with Crippen LogP contribution < -0.4 is 11.1 Å². The zero-order valence-electron chi connectivity index (χ0n) is 19.3. The topological polar surface area (TPSA) is 64.8 Å². The molecule has 3 unspecified atom stereocenters. The van der Waals surface area contributed by atoms with Gasteiger partial charge in [0.15, 0.2) is 0 Å². The summed E-state index contributed by atoms with van der Waals surface area (Å²) in [5, 5.41) is 13.5. The van der Waals surface area contributed by atoms with Gasteiger partial charge in [0.25, 0.3) is 0 Å². The molecule has 3 atom stereocenters. The number of β-amino-alcohol motifs (C(OH)–C–C–N with tert-alkyl or cyclic N) is 1. The molecule has 1 aromatic carbocycles. The number of hydrogen-bond donors (Lipinski definition) is 3. The zero-order valence-corrected chi connectivity index (χ0v) is 19.3. The smallest absolute Gasteiger partial charge is 0.398 e. The Morgan fingerprint density at radius 2 is 1.91 bits per heavy atom. The predicted molar refractivity (Wildman–Crippen MR) is 122 cm³/mol. The Morgan fingerprint density at radius 3 is 2.50 bits per heavy atom. The van der Waals surface area contributed by atoms with E-state index in [1.807, 2.05) is 32.0 Å². The van der Waals surface area contributed by atoms with Crippen LogP contribution in [0.25, 0.3) is 0 Å². The maximum atomic E-state index is 12.9. The molecule has 32 heavy (non-hydrogen) atoms. The van der Waals surface area contributed by atoms with Crippen molar-refractivity contribution in [1.82, 2.24) is 15.1 Å². The zero-order chi connectivity index (χ0) is 23.5. The molecule has 0 spiro atoms. The van der Waals surface area contributed by atoms with Crippen molar-refractivity contribution >= 4 is 5.69 Å². The lowest BCUT2D eigenvalue weighted by molar-refractivity contribution is -0.0931. The first kappa shape index (κ1) is 25.0. The number of piperidine rings is 1. The molecule has 1 saturated heterocycles. The molecule has 5 nitrogen and oxygen atoms in total. The van der Waals surface area contributed by atoms with E-state index in [2.05, 4.69) is 22.3 Å². The van der Waals surface area contributed by atoms with Gasteiger partial charge in [-0.25, -0.2) is 0 Å². The Kier molecular flexibility index (Phi) is 8.25. The molecule has 1 aromatic rings. The number of nitrogens with zero attached hydrogens (tertiary/aromatic N) is 2. The van der Waals surface area contributed by atoms with Crippen LogP contribution in [0.1, 0.15) is 49.7 Å². The number of anilines is 1. The molecule has 1 heterocycles. The van der Waals surface area contributed by atoms with Crippen molar-refractivity contribution in [3.63, 3.8) is 0 Å². The molecule has 0 amide bonds. The second-order valence-corrected chi connectivity index (χ2v) is 9.54. The normalized spacial score (nSPS) is 22.9. The lowest BCUT2D eigenvalue weighted by Gasteiger charge is -2.34. The lowest BCUT2D eigenvalue weighted by atomic mass is 9.88. The van der Waals surface area contributed by atoms with Crippen molar-refractivity contribution < 1.29 is 18.3 Å². The second kappa shape index (κ2) is 10.5. The maximum absolute atomic E-state index is 12.9. The number of likely N-dealkylation sites (N-methyl/N-ethyl adjacent to an activating group) is 1. The first-order chi connectivity index (χ1) is 15.0. The molecule has 0 aromatic heterocycles. The molecular formula is C24H37F3N4O. The monoisotopic (exact) mass is 454 g/mol. The molecule has 1 fully saturated rings. The number of alkyl halides is 3. The number of halogens is 3. The van der Waals surface area contributed by atoms with E-state index in [0.717, 1.165) is 31.5 Å². The van der Waals surface area contributed by atoms with Gasteiger partial charge in [0.1, 0.15) is 6.23 Å². The number of rotatable bonds is 8. The summed E-state index contributed by atoms with van der Waals surface area (Å²) in [6.45, 7) is 5.03. The van der Waals surface area contributed by atoms with Crippen LogP contribution in [-0.4, -0.2) is 67.1 Å². The summed E-state index contributed by atoms with van der Waals surface area (Å²) >= 11 is 0. The number of likely N-dealkylation sites (tertiary alicyclic amines) is 1. The largest absolute Gasteiger partial charge is 0.412 e. The van der Waals surface area contributed by atoms with Crippen LogP contribution in [0.5, 0.6) is 0 Å². The highest BCUT2D eigenvalue weighted by molar-refractivity contribution is 5.49. The van der Waals surface area contributed by atoms with Crippen LogP contribution in [0.4, 0.5) is 18.9 Å². The van der Waals surface area contributed by atoms with Gasteiger partial charge in [-0.2, -0.15) is 13.2 Å². The van der Waals surface area contributed by atoms with Crippen LogP contribution in [0.2, 0.25) is 0 Å². The van der Waals surface area contributed by atoms with E-state index in [0.29, 0.717) is 31.1 Å².